The van der Waals surface area contributed by atoms with E-state index in [1.807, 2.05) is 18.2 Å². The molecule has 3 nitrogen and oxygen atoms in total. The van der Waals surface area contributed by atoms with Crippen LogP contribution in [-0.4, -0.2) is 24.7 Å². The van der Waals surface area contributed by atoms with Gasteiger partial charge in [-0.3, -0.25) is 0 Å². The topological polar surface area (TPSA) is 48.2 Å². The average Bonchev–Trinajstić information content (AvgIpc) is 3.09. The summed E-state index contributed by atoms with van der Waals surface area (Å²) in [5.41, 5.74) is 0.623. The SMILES string of the molecule is CC[C@@H]1N[C@@H]1CCOC(=O)c1ccccc1. The van der Waals surface area contributed by atoms with Gasteiger partial charge < -0.3 is 10.1 Å². The Bertz CT molecular complexity index is 350. The molecule has 0 amide bonds. The summed E-state index contributed by atoms with van der Waals surface area (Å²) in [4.78, 5) is 11.6. The molecule has 3 heteroatoms. The summed E-state index contributed by atoms with van der Waals surface area (Å²) < 4.78 is 5.19. The second kappa shape index (κ2) is 5.12. The van der Waals surface area contributed by atoms with E-state index < -0.39 is 0 Å². The Morgan fingerprint density at radius 1 is 1.31 bits per heavy atom. The van der Waals surface area contributed by atoms with Gasteiger partial charge in [-0.25, -0.2) is 4.79 Å². The van der Waals surface area contributed by atoms with Gasteiger partial charge in [-0.05, 0) is 25.0 Å². The average molecular weight is 219 g/mol. The molecule has 0 bridgehead atoms. The molecule has 1 aliphatic heterocycles. The molecular weight excluding hydrogens is 202 g/mol. The molecule has 1 N–H and O–H groups in total. The predicted octanol–water partition coefficient (Wildman–Crippen LogP) is 1.98. The van der Waals surface area contributed by atoms with Gasteiger partial charge >= 0.3 is 5.97 Å². The van der Waals surface area contributed by atoms with Crippen molar-refractivity contribution in [2.24, 2.45) is 0 Å². The molecule has 16 heavy (non-hydrogen) atoms. The fourth-order valence-electron chi connectivity index (χ4n) is 1.84. The molecule has 0 aromatic heterocycles. The molecule has 0 aliphatic carbocycles. The number of nitrogens with one attached hydrogen (secondary N) is 1. The van der Waals surface area contributed by atoms with E-state index in [2.05, 4.69) is 12.2 Å². The zero-order chi connectivity index (χ0) is 11.4. The molecule has 1 heterocycles. The van der Waals surface area contributed by atoms with Gasteiger partial charge in [0.1, 0.15) is 0 Å². The molecule has 0 spiro atoms. The third-order valence-corrected chi connectivity index (χ3v) is 2.92. The van der Waals surface area contributed by atoms with Gasteiger partial charge in [0.15, 0.2) is 0 Å². The van der Waals surface area contributed by atoms with Crippen LogP contribution in [0.3, 0.4) is 0 Å². The zero-order valence-corrected chi connectivity index (χ0v) is 9.48. The Balaban J connectivity index is 1.69. The van der Waals surface area contributed by atoms with Crippen LogP contribution in [0.15, 0.2) is 30.3 Å². The van der Waals surface area contributed by atoms with Crippen LogP contribution in [0.5, 0.6) is 0 Å². The summed E-state index contributed by atoms with van der Waals surface area (Å²) in [6.07, 6.45) is 2.06. The Kier molecular flexibility index (Phi) is 3.57. The summed E-state index contributed by atoms with van der Waals surface area (Å²) in [7, 11) is 0. The molecule has 0 unspecified atom stereocenters. The Morgan fingerprint density at radius 3 is 2.69 bits per heavy atom. The van der Waals surface area contributed by atoms with Crippen molar-refractivity contribution in [3.05, 3.63) is 35.9 Å². The van der Waals surface area contributed by atoms with Crippen molar-refractivity contribution in [3.63, 3.8) is 0 Å². The fraction of sp³-hybridized carbons (Fsp3) is 0.462. The molecule has 1 fully saturated rings. The van der Waals surface area contributed by atoms with Crippen LogP contribution < -0.4 is 5.32 Å². The first-order chi connectivity index (χ1) is 7.81. The normalized spacial score (nSPS) is 22.8. The monoisotopic (exact) mass is 219 g/mol. The first-order valence-electron chi connectivity index (χ1n) is 5.79. The van der Waals surface area contributed by atoms with Gasteiger partial charge in [-0.15, -0.1) is 0 Å². The second-order valence-corrected chi connectivity index (χ2v) is 4.08. The Labute approximate surface area is 95.8 Å². The smallest absolute Gasteiger partial charge is 0.338 e. The lowest BCUT2D eigenvalue weighted by Gasteiger charge is -2.03. The number of ether oxygens (including phenoxy) is 1. The maximum absolute atomic E-state index is 11.6. The first-order valence-corrected chi connectivity index (χ1v) is 5.79. The maximum atomic E-state index is 11.6. The Hall–Kier alpha value is -1.35. The number of carbonyl (C=O) groups is 1. The standard InChI is InChI=1S/C13H17NO2/c1-2-11-12(14-11)8-9-16-13(15)10-6-4-3-5-7-10/h3-7,11-12,14H,2,8-9H2,1H3/t11-,12+/m0/s1. The second-order valence-electron chi connectivity index (χ2n) is 4.08. The minimum atomic E-state index is -0.228. The van der Waals surface area contributed by atoms with E-state index in [0.717, 1.165) is 12.8 Å². The van der Waals surface area contributed by atoms with E-state index >= 15 is 0 Å². The first kappa shape index (κ1) is 11.1. The molecule has 1 aliphatic rings. The van der Waals surface area contributed by atoms with Crippen LogP contribution in [0, 0.1) is 0 Å². The number of hydrogen-bond donors (Lipinski definition) is 1. The summed E-state index contributed by atoms with van der Waals surface area (Å²) in [6.45, 7) is 2.66. The zero-order valence-electron chi connectivity index (χ0n) is 9.48. The van der Waals surface area contributed by atoms with Crippen LogP contribution in [0.4, 0.5) is 0 Å². The molecule has 1 aromatic rings. The van der Waals surface area contributed by atoms with E-state index in [1.165, 1.54) is 0 Å². The van der Waals surface area contributed by atoms with Crippen LogP contribution in [0.25, 0.3) is 0 Å². The number of rotatable bonds is 5. The number of esters is 1. The largest absolute Gasteiger partial charge is 0.462 e. The summed E-state index contributed by atoms with van der Waals surface area (Å²) in [5, 5.41) is 3.34. The maximum Gasteiger partial charge on any atom is 0.338 e. The van der Waals surface area contributed by atoms with E-state index in [0.29, 0.717) is 24.3 Å². The lowest BCUT2D eigenvalue weighted by Crippen LogP contribution is -2.08. The predicted molar refractivity (Wildman–Crippen MR) is 62.3 cm³/mol. The molecule has 1 saturated heterocycles. The molecule has 0 saturated carbocycles. The van der Waals surface area contributed by atoms with Gasteiger partial charge in [0.05, 0.1) is 12.2 Å². The van der Waals surface area contributed by atoms with E-state index in [1.54, 1.807) is 12.1 Å². The van der Waals surface area contributed by atoms with Crippen molar-refractivity contribution in [3.8, 4) is 0 Å². The van der Waals surface area contributed by atoms with Gasteiger partial charge in [0.25, 0.3) is 0 Å². The van der Waals surface area contributed by atoms with Crippen molar-refractivity contribution in [1.29, 1.82) is 0 Å². The van der Waals surface area contributed by atoms with Crippen molar-refractivity contribution in [1.82, 2.24) is 5.32 Å². The van der Waals surface area contributed by atoms with Gasteiger partial charge in [-0.1, -0.05) is 25.1 Å². The van der Waals surface area contributed by atoms with Crippen LogP contribution in [-0.2, 0) is 4.74 Å². The Morgan fingerprint density at radius 2 is 2.06 bits per heavy atom. The molecule has 2 rings (SSSR count). The van der Waals surface area contributed by atoms with Gasteiger partial charge in [-0.2, -0.15) is 0 Å². The summed E-state index contributed by atoms with van der Waals surface area (Å²) in [6, 6.07) is 10.3. The third-order valence-electron chi connectivity index (χ3n) is 2.92. The molecular formula is C13H17NO2. The third kappa shape index (κ3) is 2.83. The van der Waals surface area contributed by atoms with E-state index in [4.69, 9.17) is 4.74 Å². The minimum Gasteiger partial charge on any atom is -0.462 e. The van der Waals surface area contributed by atoms with Gasteiger partial charge in [0, 0.05) is 12.1 Å². The highest BCUT2D eigenvalue weighted by molar-refractivity contribution is 5.89. The summed E-state index contributed by atoms with van der Waals surface area (Å²) >= 11 is 0. The van der Waals surface area contributed by atoms with Crippen LogP contribution in [0.2, 0.25) is 0 Å². The fourth-order valence-corrected chi connectivity index (χ4v) is 1.84. The van der Waals surface area contributed by atoms with E-state index in [-0.39, 0.29) is 5.97 Å². The molecule has 86 valence electrons. The van der Waals surface area contributed by atoms with Crippen molar-refractivity contribution < 1.29 is 9.53 Å². The summed E-state index contributed by atoms with van der Waals surface area (Å²) in [5.74, 6) is -0.228. The van der Waals surface area contributed by atoms with Crippen LogP contribution >= 0.6 is 0 Å². The van der Waals surface area contributed by atoms with Crippen molar-refractivity contribution in [2.75, 3.05) is 6.61 Å². The molecule has 0 radical (unpaired) electrons. The van der Waals surface area contributed by atoms with Crippen LogP contribution in [0.1, 0.15) is 30.1 Å². The highest BCUT2D eigenvalue weighted by Crippen LogP contribution is 2.17. The van der Waals surface area contributed by atoms with Gasteiger partial charge in [0.2, 0.25) is 0 Å². The quantitative estimate of drug-likeness (QED) is 0.608. The van der Waals surface area contributed by atoms with Crippen molar-refractivity contribution >= 4 is 5.97 Å². The number of hydrogen-bond acceptors (Lipinski definition) is 3. The lowest BCUT2D eigenvalue weighted by molar-refractivity contribution is 0.0500. The lowest BCUT2D eigenvalue weighted by atomic mass is 10.2. The molecule has 2 atom stereocenters. The highest BCUT2D eigenvalue weighted by atomic mass is 16.5. The highest BCUT2D eigenvalue weighted by Gasteiger charge is 2.33. The number of carbonyl (C=O) groups excluding carboxylic acids is 1. The van der Waals surface area contributed by atoms with Crippen molar-refractivity contribution in [2.45, 2.75) is 31.8 Å². The molecule has 1 aromatic carbocycles. The minimum absolute atomic E-state index is 0.228. The number of benzene rings is 1. The van der Waals surface area contributed by atoms with E-state index in [9.17, 15) is 4.79 Å².